The predicted molar refractivity (Wildman–Crippen MR) is 57.0 cm³/mol. The Balaban J connectivity index is 2.46. The van der Waals surface area contributed by atoms with Crippen molar-refractivity contribution in [2.75, 3.05) is 0 Å². The normalized spacial score (nSPS) is 10.3. The van der Waals surface area contributed by atoms with Gasteiger partial charge in [0.2, 0.25) is 0 Å². The molecule has 13 heavy (non-hydrogen) atoms. The third kappa shape index (κ3) is 1.78. The fraction of sp³-hybridized carbons (Fsp3) is 0.182. The first-order chi connectivity index (χ1) is 6.25. The van der Waals surface area contributed by atoms with Gasteiger partial charge in [-0.25, -0.2) is 0 Å². The second-order valence-corrected chi connectivity index (χ2v) is 4.06. The lowest BCUT2D eigenvalue weighted by molar-refractivity contribution is 1.21. The molecule has 0 N–H and O–H groups in total. The van der Waals surface area contributed by atoms with Crippen molar-refractivity contribution in [3.8, 4) is 10.6 Å². The van der Waals surface area contributed by atoms with Gasteiger partial charge in [0.15, 0.2) is 0 Å². The fourth-order valence-corrected chi connectivity index (χ4v) is 2.12. The summed E-state index contributed by atoms with van der Waals surface area (Å²) in [4.78, 5) is 5.72. The standard InChI is InChI=1S/C11H11NS/c1-8-6-11(13-7-8)10-5-3-4-9(2)12-10/h3-7H,1-2H3. The molecule has 0 aromatic carbocycles. The average molecular weight is 189 g/mol. The predicted octanol–water partition coefficient (Wildman–Crippen LogP) is 3.43. The van der Waals surface area contributed by atoms with Gasteiger partial charge in [-0.2, -0.15) is 0 Å². The van der Waals surface area contributed by atoms with Crippen LogP contribution in [-0.4, -0.2) is 4.98 Å². The molecule has 2 heteroatoms. The van der Waals surface area contributed by atoms with Crippen LogP contribution in [0.5, 0.6) is 0 Å². The summed E-state index contributed by atoms with van der Waals surface area (Å²) in [6.45, 7) is 4.12. The van der Waals surface area contributed by atoms with Gasteiger partial charge in [-0.3, -0.25) is 4.98 Å². The molecule has 2 rings (SSSR count). The lowest BCUT2D eigenvalue weighted by atomic mass is 10.2. The van der Waals surface area contributed by atoms with Gasteiger partial charge in [-0.1, -0.05) is 6.07 Å². The van der Waals surface area contributed by atoms with E-state index in [0.717, 1.165) is 11.4 Å². The maximum atomic E-state index is 4.47. The Morgan fingerprint density at radius 3 is 2.69 bits per heavy atom. The quantitative estimate of drug-likeness (QED) is 0.669. The summed E-state index contributed by atoms with van der Waals surface area (Å²) in [5, 5.41) is 2.15. The van der Waals surface area contributed by atoms with E-state index in [9.17, 15) is 0 Å². The van der Waals surface area contributed by atoms with Crippen molar-refractivity contribution in [2.45, 2.75) is 13.8 Å². The molecule has 0 amide bonds. The van der Waals surface area contributed by atoms with Crippen molar-refractivity contribution in [2.24, 2.45) is 0 Å². The van der Waals surface area contributed by atoms with E-state index in [1.165, 1.54) is 10.4 Å². The highest BCUT2D eigenvalue weighted by molar-refractivity contribution is 7.13. The van der Waals surface area contributed by atoms with E-state index in [0.29, 0.717) is 0 Å². The molecule has 0 saturated carbocycles. The lowest BCUT2D eigenvalue weighted by Crippen LogP contribution is -1.82. The average Bonchev–Trinajstić information content (AvgIpc) is 2.52. The summed E-state index contributed by atoms with van der Waals surface area (Å²) in [6, 6.07) is 8.29. The van der Waals surface area contributed by atoms with Gasteiger partial charge < -0.3 is 0 Å². The fourth-order valence-electron chi connectivity index (χ4n) is 1.25. The first-order valence-corrected chi connectivity index (χ1v) is 5.13. The van der Waals surface area contributed by atoms with E-state index in [2.05, 4.69) is 29.4 Å². The highest BCUT2D eigenvalue weighted by Crippen LogP contribution is 2.24. The van der Waals surface area contributed by atoms with Crippen molar-refractivity contribution in [3.63, 3.8) is 0 Å². The minimum absolute atomic E-state index is 1.07. The van der Waals surface area contributed by atoms with Crippen LogP contribution >= 0.6 is 11.3 Å². The van der Waals surface area contributed by atoms with Crippen molar-refractivity contribution in [3.05, 3.63) is 40.9 Å². The molecule has 0 fully saturated rings. The monoisotopic (exact) mass is 189 g/mol. The molecule has 0 bridgehead atoms. The van der Waals surface area contributed by atoms with E-state index in [4.69, 9.17) is 0 Å². The summed E-state index contributed by atoms with van der Waals surface area (Å²) in [6.07, 6.45) is 0. The SMILES string of the molecule is Cc1csc(-c2cccc(C)n2)c1. The summed E-state index contributed by atoms with van der Waals surface area (Å²) in [5.41, 5.74) is 3.46. The molecule has 0 atom stereocenters. The van der Waals surface area contributed by atoms with Crippen LogP contribution in [0.15, 0.2) is 29.6 Å². The number of rotatable bonds is 1. The molecule has 66 valence electrons. The largest absolute Gasteiger partial charge is 0.252 e. The first kappa shape index (κ1) is 8.45. The summed E-state index contributed by atoms with van der Waals surface area (Å²) in [5.74, 6) is 0. The van der Waals surface area contributed by atoms with Crippen molar-refractivity contribution in [1.82, 2.24) is 4.98 Å². The number of thiophene rings is 1. The van der Waals surface area contributed by atoms with Gasteiger partial charge in [-0.05, 0) is 43.0 Å². The van der Waals surface area contributed by atoms with Crippen molar-refractivity contribution in [1.29, 1.82) is 0 Å². The zero-order valence-corrected chi connectivity index (χ0v) is 8.56. The van der Waals surface area contributed by atoms with Crippen LogP contribution in [0.4, 0.5) is 0 Å². The van der Waals surface area contributed by atoms with Gasteiger partial charge in [0.25, 0.3) is 0 Å². The van der Waals surface area contributed by atoms with Crippen molar-refractivity contribution < 1.29 is 0 Å². The van der Waals surface area contributed by atoms with Gasteiger partial charge >= 0.3 is 0 Å². The van der Waals surface area contributed by atoms with Gasteiger partial charge in [0.1, 0.15) is 0 Å². The third-order valence-electron chi connectivity index (χ3n) is 1.87. The molecular formula is C11H11NS. The Labute approximate surface area is 82.1 Å². The number of aryl methyl sites for hydroxylation is 2. The summed E-state index contributed by atoms with van der Waals surface area (Å²) < 4.78 is 0. The van der Waals surface area contributed by atoms with Crippen LogP contribution in [0.3, 0.4) is 0 Å². The molecule has 0 saturated heterocycles. The summed E-state index contributed by atoms with van der Waals surface area (Å²) >= 11 is 1.75. The molecule has 2 aromatic heterocycles. The number of aromatic nitrogens is 1. The van der Waals surface area contributed by atoms with E-state index >= 15 is 0 Å². The third-order valence-corrected chi connectivity index (χ3v) is 2.94. The van der Waals surface area contributed by atoms with Gasteiger partial charge in [0, 0.05) is 5.69 Å². The Kier molecular flexibility index (Phi) is 2.15. The van der Waals surface area contributed by atoms with E-state index in [1.54, 1.807) is 11.3 Å². The van der Waals surface area contributed by atoms with Crippen molar-refractivity contribution >= 4 is 11.3 Å². The lowest BCUT2D eigenvalue weighted by Gasteiger charge is -1.96. The van der Waals surface area contributed by atoms with Gasteiger partial charge in [-0.15, -0.1) is 11.3 Å². The maximum absolute atomic E-state index is 4.47. The number of hydrogen-bond acceptors (Lipinski definition) is 2. The molecule has 0 aliphatic carbocycles. The first-order valence-electron chi connectivity index (χ1n) is 4.25. The molecule has 0 aliphatic rings. The second kappa shape index (κ2) is 3.30. The van der Waals surface area contributed by atoms with Crippen LogP contribution in [0.2, 0.25) is 0 Å². The van der Waals surface area contributed by atoms with E-state index < -0.39 is 0 Å². The van der Waals surface area contributed by atoms with Crippen LogP contribution in [0, 0.1) is 13.8 Å². The Morgan fingerprint density at radius 2 is 2.08 bits per heavy atom. The number of nitrogens with zero attached hydrogens (tertiary/aromatic N) is 1. The molecule has 0 spiro atoms. The van der Waals surface area contributed by atoms with Crippen LogP contribution in [0.25, 0.3) is 10.6 Å². The minimum Gasteiger partial charge on any atom is -0.252 e. The highest BCUT2D eigenvalue weighted by atomic mass is 32.1. The number of hydrogen-bond donors (Lipinski definition) is 0. The van der Waals surface area contributed by atoms with Crippen LogP contribution in [-0.2, 0) is 0 Å². The Morgan fingerprint density at radius 1 is 1.23 bits per heavy atom. The zero-order valence-electron chi connectivity index (χ0n) is 7.74. The Bertz CT molecular complexity index is 418. The molecule has 2 heterocycles. The molecule has 0 aliphatic heterocycles. The van der Waals surface area contributed by atoms with Gasteiger partial charge in [0.05, 0.1) is 10.6 Å². The minimum atomic E-state index is 1.07. The van der Waals surface area contributed by atoms with Crippen LogP contribution in [0.1, 0.15) is 11.3 Å². The molecular weight excluding hydrogens is 178 g/mol. The Hall–Kier alpha value is -1.15. The van der Waals surface area contributed by atoms with E-state index in [-0.39, 0.29) is 0 Å². The van der Waals surface area contributed by atoms with E-state index in [1.807, 2.05) is 19.1 Å². The number of pyridine rings is 1. The molecule has 0 unspecified atom stereocenters. The maximum Gasteiger partial charge on any atom is 0.0804 e. The molecule has 1 nitrogen and oxygen atoms in total. The molecule has 0 radical (unpaired) electrons. The molecule has 2 aromatic rings. The zero-order chi connectivity index (χ0) is 9.26. The van der Waals surface area contributed by atoms with Crippen LogP contribution < -0.4 is 0 Å². The smallest absolute Gasteiger partial charge is 0.0804 e. The highest BCUT2D eigenvalue weighted by Gasteiger charge is 2.00. The summed E-state index contributed by atoms with van der Waals surface area (Å²) in [7, 11) is 0. The topological polar surface area (TPSA) is 12.9 Å². The second-order valence-electron chi connectivity index (χ2n) is 3.15.